The summed E-state index contributed by atoms with van der Waals surface area (Å²) in [5.74, 6) is -1.52. The molecule has 0 saturated carbocycles. The van der Waals surface area contributed by atoms with Gasteiger partial charge in [0.25, 0.3) is 0 Å². The van der Waals surface area contributed by atoms with E-state index in [9.17, 15) is 18.7 Å². The predicted molar refractivity (Wildman–Crippen MR) is 125 cm³/mol. The normalized spacial score (nSPS) is 11.5. The number of aromatic hydroxyl groups is 1. The largest absolute Gasteiger partial charge is 0.494 e. The smallest absolute Gasteiger partial charge is 0.387 e. The zero-order valence-electron chi connectivity index (χ0n) is 19.3. The summed E-state index contributed by atoms with van der Waals surface area (Å²) in [6.45, 7) is 2.35. The van der Waals surface area contributed by atoms with Crippen molar-refractivity contribution in [2.75, 3.05) is 6.61 Å². The van der Waals surface area contributed by atoms with Crippen LogP contribution in [0, 0.1) is 5.82 Å². The number of hydrogen-bond acceptors (Lipinski definition) is 5. The Balaban J connectivity index is 1.95. The first-order valence-corrected chi connectivity index (χ1v) is 11.1. The molecule has 4 rings (SSSR count). The first kappa shape index (κ1) is 24.3. The van der Waals surface area contributed by atoms with Crippen LogP contribution < -0.4 is 9.47 Å². The third kappa shape index (κ3) is 4.71. The van der Waals surface area contributed by atoms with Crippen LogP contribution in [-0.2, 0) is 16.0 Å². The van der Waals surface area contributed by atoms with Gasteiger partial charge in [0.05, 0.1) is 35.6 Å². The van der Waals surface area contributed by atoms with Crippen LogP contribution in [0.25, 0.3) is 27.2 Å². The maximum atomic E-state index is 15.1. The number of aromatic nitrogens is 1. The van der Waals surface area contributed by atoms with E-state index in [4.69, 9.17) is 14.2 Å². The second-order valence-corrected chi connectivity index (χ2v) is 8.13. The third-order valence-corrected chi connectivity index (χ3v) is 5.35. The number of hydrogen-bond donors (Lipinski definition) is 1. The van der Waals surface area contributed by atoms with Crippen molar-refractivity contribution < 1.29 is 37.3 Å². The number of fused-ring (bicyclic) bond motifs is 2. The molecule has 0 fully saturated rings. The molecular formula is C26H24F3NO5. The maximum Gasteiger partial charge on any atom is 0.387 e. The number of alkyl halides is 2. The van der Waals surface area contributed by atoms with Crippen molar-refractivity contribution in [3.8, 4) is 23.1 Å². The highest BCUT2D eigenvalue weighted by Gasteiger charge is 2.26. The third-order valence-electron chi connectivity index (χ3n) is 5.35. The van der Waals surface area contributed by atoms with Gasteiger partial charge in [-0.05, 0) is 38.5 Å². The van der Waals surface area contributed by atoms with Gasteiger partial charge in [-0.1, -0.05) is 30.3 Å². The quantitative estimate of drug-likeness (QED) is 0.303. The van der Waals surface area contributed by atoms with Crippen LogP contribution in [-0.4, -0.2) is 35.0 Å². The molecule has 184 valence electrons. The Labute approximate surface area is 199 Å². The molecule has 1 aromatic heterocycles. The minimum Gasteiger partial charge on any atom is -0.494 e. The summed E-state index contributed by atoms with van der Waals surface area (Å²) in [6.07, 6.45) is 0.908. The van der Waals surface area contributed by atoms with Crippen molar-refractivity contribution in [1.82, 2.24) is 4.57 Å². The van der Waals surface area contributed by atoms with Crippen LogP contribution in [0.4, 0.5) is 13.2 Å². The molecule has 0 saturated heterocycles. The fraction of sp³-hybridized carbons (Fsp3) is 0.269. The number of nitrogens with zero attached hydrogens (tertiary/aromatic N) is 1. The fourth-order valence-corrected chi connectivity index (χ4v) is 4.04. The highest BCUT2D eigenvalue weighted by atomic mass is 19.3. The first-order chi connectivity index (χ1) is 16.7. The molecule has 0 bridgehead atoms. The van der Waals surface area contributed by atoms with Gasteiger partial charge < -0.3 is 19.3 Å². The van der Waals surface area contributed by atoms with Crippen LogP contribution in [0.1, 0.15) is 26.3 Å². The second kappa shape index (κ2) is 9.77. The van der Waals surface area contributed by atoms with Gasteiger partial charge in [-0.15, -0.1) is 0 Å². The Bertz CT molecular complexity index is 1400. The van der Waals surface area contributed by atoms with E-state index in [-0.39, 0.29) is 47.1 Å². The molecule has 1 heterocycles. The van der Waals surface area contributed by atoms with Crippen LogP contribution in [0.2, 0.25) is 0 Å². The highest BCUT2D eigenvalue weighted by Crippen LogP contribution is 2.48. The van der Waals surface area contributed by atoms with E-state index in [0.29, 0.717) is 16.3 Å². The van der Waals surface area contributed by atoms with Crippen molar-refractivity contribution in [1.29, 1.82) is 0 Å². The lowest BCUT2D eigenvalue weighted by Gasteiger charge is -2.17. The van der Waals surface area contributed by atoms with Crippen LogP contribution >= 0.6 is 0 Å². The van der Waals surface area contributed by atoms with Crippen molar-refractivity contribution in [3.05, 3.63) is 60.0 Å². The van der Waals surface area contributed by atoms with Gasteiger partial charge in [-0.2, -0.15) is 8.78 Å². The number of esters is 1. The SMILES string of the molecule is CCOC(=O)Cc1ccc(-n2cc3c(OC(F)F)c4ccccc4c(OC(C)C)c3c2O)c(F)c1. The molecule has 6 nitrogen and oxygen atoms in total. The summed E-state index contributed by atoms with van der Waals surface area (Å²) < 4.78 is 58.7. The summed E-state index contributed by atoms with van der Waals surface area (Å²) in [7, 11) is 0. The minimum atomic E-state index is -3.12. The van der Waals surface area contributed by atoms with Gasteiger partial charge in [0.15, 0.2) is 0 Å². The molecule has 0 spiro atoms. The van der Waals surface area contributed by atoms with Crippen LogP contribution in [0.5, 0.6) is 17.4 Å². The monoisotopic (exact) mass is 487 g/mol. The number of carbonyl (C=O) groups is 1. The lowest BCUT2D eigenvalue weighted by atomic mass is 10.0. The van der Waals surface area contributed by atoms with Gasteiger partial charge in [0.2, 0.25) is 5.88 Å². The predicted octanol–water partition coefficient (Wildman–Crippen LogP) is 6.12. The van der Waals surface area contributed by atoms with Gasteiger partial charge in [0, 0.05) is 17.0 Å². The highest BCUT2D eigenvalue weighted by molar-refractivity contribution is 6.13. The molecule has 0 aliphatic rings. The lowest BCUT2D eigenvalue weighted by Crippen LogP contribution is -2.08. The maximum absolute atomic E-state index is 15.1. The summed E-state index contributed by atoms with van der Waals surface area (Å²) in [4.78, 5) is 11.7. The molecular weight excluding hydrogens is 463 g/mol. The molecule has 0 aliphatic carbocycles. The van der Waals surface area contributed by atoms with Gasteiger partial charge >= 0.3 is 12.6 Å². The van der Waals surface area contributed by atoms with E-state index in [0.717, 1.165) is 10.6 Å². The zero-order valence-corrected chi connectivity index (χ0v) is 19.3. The average molecular weight is 487 g/mol. The molecule has 0 unspecified atom stereocenters. The van der Waals surface area contributed by atoms with Crippen LogP contribution in [0.15, 0.2) is 48.7 Å². The molecule has 9 heteroatoms. The van der Waals surface area contributed by atoms with Crippen molar-refractivity contribution >= 4 is 27.5 Å². The van der Waals surface area contributed by atoms with E-state index in [2.05, 4.69) is 0 Å². The van der Waals surface area contributed by atoms with E-state index < -0.39 is 24.3 Å². The number of carbonyl (C=O) groups excluding carboxylic acids is 1. The average Bonchev–Trinajstić information content (AvgIpc) is 3.12. The van der Waals surface area contributed by atoms with E-state index in [1.807, 2.05) is 0 Å². The number of benzene rings is 3. The standard InChI is InChI=1S/C26H24F3NO5/c1-4-33-21(31)12-15-9-10-20(19(27)11-15)30-13-18-22(25(30)32)24(34-14(2)3)17-8-6-5-7-16(17)23(18)35-26(28)29/h5-11,13-14,26,32H,4,12H2,1-3H3. The lowest BCUT2D eigenvalue weighted by molar-refractivity contribution is -0.142. The summed E-state index contributed by atoms with van der Waals surface area (Å²) in [6, 6.07) is 10.7. The molecule has 0 radical (unpaired) electrons. The Morgan fingerprint density at radius 2 is 1.71 bits per heavy atom. The van der Waals surface area contributed by atoms with Crippen molar-refractivity contribution in [2.24, 2.45) is 0 Å². The Morgan fingerprint density at radius 3 is 2.31 bits per heavy atom. The molecule has 4 aromatic rings. The minimum absolute atomic E-state index is 0.0474. The Morgan fingerprint density at radius 1 is 1.03 bits per heavy atom. The summed E-state index contributed by atoms with van der Waals surface area (Å²) in [5.41, 5.74) is 0.339. The second-order valence-electron chi connectivity index (χ2n) is 8.13. The topological polar surface area (TPSA) is 69.9 Å². The summed E-state index contributed by atoms with van der Waals surface area (Å²) in [5, 5.41) is 12.2. The molecule has 1 N–H and O–H groups in total. The summed E-state index contributed by atoms with van der Waals surface area (Å²) >= 11 is 0. The number of halogens is 3. The molecule has 0 atom stereocenters. The zero-order chi connectivity index (χ0) is 25.3. The van der Waals surface area contributed by atoms with E-state index in [1.165, 1.54) is 18.3 Å². The van der Waals surface area contributed by atoms with Crippen LogP contribution in [0.3, 0.4) is 0 Å². The van der Waals surface area contributed by atoms with Crippen molar-refractivity contribution in [2.45, 2.75) is 39.9 Å². The Kier molecular flexibility index (Phi) is 6.77. The molecule has 35 heavy (non-hydrogen) atoms. The number of ether oxygens (including phenoxy) is 3. The molecule has 0 aliphatic heterocycles. The van der Waals surface area contributed by atoms with E-state index in [1.54, 1.807) is 45.0 Å². The first-order valence-electron chi connectivity index (χ1n) is 11.1. The Hall–Kier alpha value is -3.88. The van der Waals surface area contributed by atoms with E-state index >= 15 is 4.39 Å². The van der Waals surface area contributed by atoms with Crippen molar-refractivity contribution in [3.63, 3.8) is 0 Å². The van der Waals surface area contributed by atoms with Gasteiger partial charge in [-0.3, -0.25) is 9.36 Å². The fourth-order valence-electron chi connectivity index (χ4n) is 4.04. The van der Waals surface area contributed by atoms with Gasteiger partial charge in [0.1, 0.15) is 17.3 Å². The molecule has 3 aromatic carbocycles. The van der Waals surface area contributed by atoms with Gasteiger partial charge in [-0.25, -0.2) is 4.39 Å². The molecule has 0 amide bonds. The number of rotatable bonds is 8.